The molecule has 0 amide bonds. The average Bonchev–Trinajstić information content (AvgIpc) is 2.75. The summed E-state index contributed by atoms with van der Waals surface area (Å²) in [6, 6.07) is 0. The van der Waals surface area contributed by atoms with Gasteiger partial charge in [0.25, 0.3) is 0 Å². The quantitative estimate of drug-likeness (QED) is 0.889. The van der Waals surface area contributed by atoms with Crippen LogP contribution in [0.4, 0.5) is 11.9 Å². The van der Waals surface area contributed by atoms with Crippen molar-refractivity contribution in [1.82, 2.24) is 24.3 Å². The third-order valence-corrected chi connectivity index (χ3v) is 4.06. The van der Waals surface area contributed by atoms with E-state index < -0.39 is 0 Å². The fourth-order valence-electron chi connectivity index (χ4n) is 1.45. The highest BCUT2D eigenvalue weighted by molar-refractivity contribution is 8.00. The van der Waals surface area contributed by atoms with E-state index in [2.05, 4.69) is 24.3 Å². The zero-order valence-electron chi connectivity index (χ0n) is 11.0. The van der Waals surface area contributed by atoms with Gasteiger partial charge in [0.1, 0.15) is 5.82 Å². The Morgan fingerprint density at radius 3 is 2.47 bits per heavy atom. The van der Waals surface area contributed by atoms with Gasteiger partial charge in [-0.1, -0.05) is 0 Å². The predicted octanol–water partition coefficient (Wildman–Crippen LogP) is 1.61. The van der Waals surface area contributed by atoms with Crippen LogP contribution >= 0.6 is 23.3 Å². The summed E-state index contributed by atoms with van der Waals surface area (Å²) in [5.74, 6) is 1.57. The van der Waals surface area contributed by atoms with E-state index in [0.717, 1.165) is 23.3 Å². The molecule has 7 nitrogen and oxygen atoms in total. The standard InChI is InChI=1S/C10H15N7S2/c1-4-17(5-2)8-13-7(11)14-9(15-8)18-10-12-6(3)16-19-10/h4-5H2,1-3H3,(H2,11,13,14,15). The van der Waals surface area contributed by atoms with Crippen LogP contribution in [0.25, 0.3) is 0 Å². The first kappa shape index (κ1) is 13.9. The van der Waals surface area contributed by atoms with E-state index in [1.54, 1.807) is 0 Å². The van der Waals surface area contributed by atoms with Gasteiger partial charge < -0.3 is 10.6 Å². The van der Waals surface area contributed by atoms with Gasteiger partial charge in [-0.05, 0) is 44.1 Å². The van der Waals surface area contributed by atoms with Gasteiger partial charge in [0.2, 0.25) is 17.1 Å². The molecule has 0 saturated heterocycles. The minimum atomic E-state index is 0.223. The molecule has 0 aliphatic rings. The molecule has 0 unspecified atom stereocenters. The van der Waals surface area contributed by atoms with Crippen LogP contribution in [0.1, 0.15) is 19.7 Å². The van der Waals surface area contributed by atoms with E-state index >= 15 is 0 Å². The van der Waals surface area contributed by atoms with E-state index in [9.17, 15) is 0 Å². The predicted molar refractivity (Wildman–Crippen MR) is 76.6 cm³/mol. The summed E-state index contributed by atoms with van der Waals surface area (Å²) >= 11 is 2.67. The Morgan fingerprint density at radius 2 is 1.89 bits per heavy atom. The van der Waals surface area contributed by atoms with Gasteiger partial charge in [-0.25, -0.2) is 4.98 Å². The van der Waals surface area contributed by atoms with Crippen LogP contribution in [0, 0.1) is 6.92 Å². The van der Waals surface area contributed by atoms with Gasteiger partial charge in [-0.15, -0.1) is 0 Å². The number of anilines is 2. The van der Waals surface area contributed by atoms with E-state index in [1.807, 2.05) is 25.7 Å². The molecule has 0 spiro atoms. The summed E-state index contributed by atoms with van der Waals surface area (Å²) in [7, 11) is 0. The van der Waals surface area contributed by atoms with Crippen molar-refractivity contribution in [3.63, 3.8) is 0 Å². The lowest BCUT2D eigenvalue weighted by molar-refractivity contribution is 0.786. The van der Waals surface area contributed by atoms with E-state index in [4.69, 9.17) is 5.73 Å². The first-order valence-electron chi connectivity index (χ1n) is 5.87. The molecule has 9 heteroatoms. The summed E-state index contributed by atoms with van der Waals surface area (Å²) in [4.78, 5) is 19.0. The summed E-state index contributed by atoms with van der Waals surface area (Å²) < 4.78 is 4.92. The molecule has 19 heavy (non-hydrogen) atoms. The lowest BCUT2D eigenvalue weighted by Gasteiger charge is -2.18. The van der Waals surface area contributed by atoms with Crippen molar-refractivity contribution < 1.29 is 0 Å². The van der Waals surface area contributed by atoms with Crippen molar-refractivity contribution in [2.45, 2.75) is 30.3 Å². The molecule has 0 fully saturated rings. The van der Waals surface area contributed by atoms with Crippen LogP contribution in [0.15, 0.2) is 9.50 Å². The van der Waals surface area contributed by atoms with Gasteiger partial charge in [-0.2, -0.15) is 19.3 Å². The Morgan fingerprint density at radius 1 is 1.16 bits per heavy atom. The SMILES string of the molecule is CCN(CC)c1nc(N)nc(Sc2nc(C)ns2)n1. The molecule has 2 aromatic rings. The van der Waals surface area contributed by atoms with Crippen LogP contribution in [0.2, 0.25) is 0 Å². The first-order valence-corrected chi connectivity index (χ1v) is 7.46. The molecule has 2 rings (SSSR count). The molecular formula is C10H15N7S2. The molecule has 0 aliphatic heterocycles. The third-order valence-electron chi connectivity index (χ3n) is 2.35. The van der Waals surface area contributed by atoms with E-state index in [1.165, 1.54) is 23.3 Å². The topological polar surface area (TPSA) is 93.7 Å². The first-order chi connectivity index (χ1) is 9.12. The van der Waals surface area contributed by atoms with Gasteiger partial charge >= 0.3 is 0 Å². The Bertz CT molecular complexity index is 553. The van der Waals surface area contributed by atoms with Crippen LogP contribution in [-0.4, -0.2) is 37.4 Å². The van der Waals surface area contributed by atoms with Crippen LogP contribution in [0.5, 0.6) is 0 Å². The molecule has 102 valence electrons. The van der Waals surface area contributed by atoms with Crippen molar-refractivity contribution >= 4 is 35.2 Å². The summed E-state index contributed by atoms with van der Waals surface area (Å²) in [5, 5.41) is 0.547. The minimum Gasteiger partial charge on any atom is -0.368 e. The molecule has 0 aromatic carbocycles. The lowest BCUT2D eigenvalue weighted by atomic mass is 10.5. The number of hydrogen-bond acceptors (Lipinski definition) is 9. The Labute approximate surface area is 119 Å². The second kappa shape index (κ2) is 6.11. The molecular weight excluding hydrogens is 282 g/mol. The number of nitrogens with zero attached hydrogens (tertiary/aromatic N) is 6. The number of rotatable bonds is 5. The summed E-state index contributed by atoms with van der Waals surface area (Å²) in [6.45, 7) is 7.59. The second-order valence-electron chi connectivity index (χ2n) is 3.66. The third kappa shape index (κ3) is 3.51. The Kier molecular flexibility index (Phi) is 4.48. The van der Waals surface area contributed by atoms with Crippen molar-refractivity contribution in [2.75, 3.05) is 23.7 Å². The van der Waals surface area contributed by atoms with E-state index in [0.29, 0.717) is 11.1 Å². The highest BCUT2D eigenvalue weighted by atomic mass is 32.2. The zero-order valence-corrected chi connectivity index (χ0v) is 12.6. The van der Waals surface area contributed by atoms with Crippen molar-refractivity contribution in [1.29, 1.82) is 0 Å². The van der Waals surface area contributed by atoms with Crippen molar-refractivity contribution in [3.8, 4) is 0 Å². The van der Waals surface area contributed by atoms with Crippen molar-refractivity contribution in [3.05, 3.63) is 5.82 Å². The van der Waals surface area contributed by atoms with Crippen molar-refractivity contribution in [2.24, 2.45) is 0 Å². The maximum Gasteiger partial charge on any atom is 0.231 e. The maximum atomic E-state index is 5.73. The number of aromatic nitrogens is 5. The fraction of sp³-hybridized carbons (Fsp3) is 0.500. The Balaban J connectivity index is 2.25. The Hall–Kier alpha value is -1.48. The number of hydrogen-bond donors (Lipinski definition) is 1. The van der Waals surface area contributed by atoms with Crippen LogP contribution < -0.4 is 10.6 Å². The number of nitrogen functional groups attached to an aromatic ring is 1. The highest BCUT2D eigenvalue weighted by Gasteiger charge is 2.12. The molecule has 2 heterocycles. The smallest absolute Gasteiger partial charge is 0.231 e. The second-order valence-corrected chi connectivity index (χ2v) is 5.62. The largest absolute Gasteiger partial charge is 0.368 e. The maximum absolute atomic E-state index is 5.73. The van der Waals surface area contributed by atoms with Gasteiger partial charge in [0, 0.05) is 13.1 Å². The molecule has 0 aliphatic carbocycles. The minimum absolute atomic E-state index is 0.223. The van der Waals surface area contributed by atoms with Gasteiger partial charge in [0.15, 0.2) is 4.34 Å². The molecule has 0 atom stereocenters. The fourth-order valence-corrected chi connectivity index (χ4v) is 2.96. The highest BCUT2D eigenvalue weighted by Crippen LogP contribution is 2.27. The summed E-state index contributed by atoms with van der Waals surface area (Å²) in [6.07, 6.45) is 0. The number of nitrogens with two attached hydrogens (primary N) is 1. The zero-order chi connectivity index (χ0) is 13.8. The molecule has 0 saturated carbocycles. The molecule has 2 aromatic heterocycles. The molecule has 0 radical (unpaired) electrons. The van der Waals surface area contributed by atoms with Crippen LogP contribution in [0.3, 0.4) is 0 Å². The molecule has 2 N–H and O–H groups in total. The van der Waals surface area contributed by atoms with Gasteiger partial charge in [0.05, 0.1) is 0 Å². The average molecular weight is 297 g/mol. The lowest BCUT2D eigenvalue weighted by Crippen LogP contribution is -2.25. The molecule has 0 bridgehead atoms. The summed E-state index contributed by atoms with van der Waals surface area (Å²) in [5.41, 5.74) is 5.73. The normalized spacial score (nSPS) is 10.7. The van der Waals surface area contributed by atoms with Gasteiger partial charge in [-0.3, -0.25) is 0 Å². The number of aryl methyl sites for hydroxylation is 1. The van der Waals surface area contributed by atoms with E-state index in [-0.39, 0.29) is 5.95 Å². The monoisotopic (exact) mass is 297 g/mol. The van der Waals surface area contributed by atoms with Crippen LogP contribution in [-0.2, 0) is 0 Å².